The Balaban J connectivity index is 2.03. The SMILES string of the molecule is Clc1cc2c(ccn2Cc2ccccc2)cn1. The van der Waals surface area contributed by atoms with E-state index < -0.39 is 0 Å². The molecular formula is C14H11ClN2. The van der Waals surface area contributed by atoms with Crippen molar-refractivity contribution < 1.29 is 0 Å². The lowest BCUT2D eigenvalue weighted by Crippen LogP contribution is -1.97. The Labute approximate surface area is 104 Å². The first kappa shape index (κ1) is 10.4. The number of benzene rings is 1. The topological polar surface area (TPSA) is 17.8 Å². The summed E-state index contributed by atoms with van der Waals surface area (Å²) in [6.45, 7) is 0.852. The maximum absolute atomic E-state index is 5.93. The Kier molecular flexibility index (Phi) is 2.57. The predicted octanol–water partition coefficient (Wildman–Crippen LogP) is 3.74. The standard InChI is InChI=1S/C14H11ClN2/c15-14-8-13-12(9-16-14)6-7-17(13)10-11-4-2-1-3-5-11/h1-9H,10H2. The van der Waals surface area contributed by atoms with E-state index in [1.54, 1.807) is 6.20 Å². The van der Waals surface area contributed by atoms with E-state index in [-0.39, 0.29) is 0 Å². The van der Waals surface area contributed by atoms with Gasteiger partial charge in [0, 0.05) is 24.3 Å². The fourth-order valence-corrected chi connectivity index (χ4v) is 2.13. The number of hydrogen-bond donors (Lipinski definition) is 0. The number of nitrogens with zero attached hydrogens (tertiary/aromatic N) is 2. The van der Waals surface area contributed by atoms with Crippen molar-refractivity contribution in [1.82, 2.24) is 9.55 Å². The zero-order chi connectivity index (χ0) is 11.7. The summed E-state index contributed by atoms with van der Waals surface area (Å²) in [6, 6.07) is 14.3. The van der Waals surface area contributed by atoms with Gasteiger partial charge in [0.1, 0.15) is 5.15 Å². The van der Waals surface area contributed by atoms with Crippen LogP contribution in [0.1, 0.15) is 5.56 Å². The molecule has 0 fully saturated rings. The van der Waals surface area contributed by atoms with Crippen molar-refractivity contribution in [3.8, 4) is 0 Å². The predicted molar refractivity (Wildman–Crippen MR) is 70.3 cm³/mol. The molecule has 0 N–H and O–H groups in total. The summed E-state index contributed by atoms with van der Waals surface area (Å²) in [5.41, 5.74) is 2.40. The summed E-state index contributed by atoms with van der Waals surface area (Å²) in [6.07, 6.45) is 3.87. The fraction of sp³-hybridized carbons (Fsp3) is 0.0714. The van der Waals surface area contributed by atoms with Crippen molar-refractivity contribution in [2.75, 3.05) is 0 Å². The van der Waals surface area contributed by atoms with Crippen LogP contribution < -0.4 is 0 Å². The molecule has 2 aromatic heterocycles. The van der Waals surface area contributed by atoms with Gasteiger partial charge in [-0.15, -0.1) is 0 Å². The number of aromatic nitrogens is 2. The number of halogens is 1. The van der Waals surface area contributed by atoms with Crippen LogP contribution in [0.2, 0.25) is 5.15 Å². The second kappa shape index (κ2) is 4.22. The number of hydrogen-bond acceptors (Lipinski definition) is 1. The fourth-order valence-electron chi connectivity index (χ4n) is 1.98. The summed E-state index contributed by atoms with van der Waals surface area (Å²) in [5, 5.41) is 1.65. The number of fused-ring (bicyclic) bond motifs is 1. The smallest absolute Gasteiger partial charge is 0.131 e. The summed E-state index contributed by atoms with van der Waals surface area (Å²) < 4.78 is 2.18. The van der Waals surface area contributed by atoms with E-state index in [1.807, 2.05) is 12.1 Å². The van der Waals surface area contributed by atoms with Gasteiger partial charge in [0.25, 0.3) is 0 Å². The van der Waals surface area contributed by atoms with Crippen molar-refractivity contribution in [3.05, 3.63) is 65.6 Å². The molecule has 3 rings (SSSR count). The van der Waals surface area contributed by atoms with Crippen LogP contribution >= 0.6 is 11.6 Å². The zero-order valence-electron chi connectivity index (χ0n) is 9.18. The van der Waals surface area contributed by atoms with Crippen LogP contribution in [0, 0.1) is 0 Å². The highest BCUT2D eigenvalue weighted by molar-refractivity contribution is 6.30. The van der Waals surface area contributed by atoms with E-state index in [4.69, 9.17) is 11.6 Å². The van der Waals surface area contributed by atoms with Crippen molar-refractivity contribution in [2.24, 2.45) is 0 Å². The molecule has 0 saturated carbocycles. The van der Waals surface area contributed by atoms with Gasteiger partial charge < -0.3 is 4.57 Å². The lowest BCUT2D eigenvalue weighted by Gasteiger charge is -2.05. The molecule has 0 spiro atoms. The highest BCUT2D eigenvalue weighted by atomic mass is 35.5. The molecule has 0 bridgehead atoms. The molecule has 2 heterocycles. The van der Waals surface area contributed by atoms with Crippen LogP contribution in [0.5, 0.6) is 0 Å². The zero-order valence-corrected chi connectivity index (χ0v) is 9.93. The third-order valence-corrected chi connectivity index (χ3v) is 3.02. The minimum absolute atomic E-state index is 0.533. The van der Waals surface area contributed by atoms with Gasteiger partial charge in [-0.05, 0) is 17.7 Å². The van der Waals surface area contributed by atoms with Gasteiger partial charge in [-0.2, -0.15) is 0 Å². The molecule has 0 unspecified atom stereocenters. The molecular weight excluding hydrogens is 232 g/mol. The Bertz CT molecular complexity index is 644. The largest absolute Gasteiger partial charge is 0.343 e. The van der Waals surface area contributed by atoms with Crippen molar-refractivity contribution in [1.29, 1.82) is 0 Å². The molecule has 0 aliphatic heterocycles. The van der Waals surface area contributed by atoms with E-state index in [0.29, 0.717) is 5.15 Å². The maximum Gasteiger partial charge on any atom is 0.131 e. The Hall–Kier alpha value is -1.80. The molecule has 3 heteroatoms. The van der Waals surface area contributed by atoms with Gasteiger partial charge in [0.2, 0.25) is 0 Å². The Morgan fingerprint density at radius 3 is 2.76 bits per heavy atom. The first-order valence-electron chi connectivity index (χ1n) is 5.47. The van der Waals surface area contributed by atoms with Crippen LogP contribution in [0.4, 0.5) is 0 Å². The van der Waals surface area contributed by atoms with E-state index in [9.17, 15) is 0 Å². The van der Waals surface area contributed by atoms with Crippen molar-refractivity contribution in [2.45, 2.75) is 6.54 Å². The summed E-state index contributed by atoms with van der Waals surface area (Å²) in [5.74, 6) is 0. The molecule has 1 aromatic carbocycles. The monoisotopic (exact) mass is 242 g/mol. The first-order chi connectivity index (χ1) is 8.33. The van der Waals surface area contributed by atoms with Crippen molar-refractivity contribution >= 4 is 22.5 Å². The van der Waals surface area contributed by atoms with Crippen molar-refractivity contribution in [3.63, 3.8) is 0 Å². The molecule has 0 aliphatic rings. The van der Waals surface area contributed by atoms with E-state index in [2.05, 4.69) is 46.1 Å². The molecule has 0 amide bonds. The minimum Gasteiger partial charge on any atom is -0.343 e. The highest BCUT2D eigenvalue weighted by Gasteiger charge is 2.02. The highest BCUT2D eigenvalue weighted by Crippen LogP contribution is 2.19. The van der Waals surface area contributed by atoms with E-state index >= 15 is 0 Å². The molecule has 17 heavy (non-hydrogen) atoms. The van der Waals surface area contributed by atoms with Crippen LogP contribution in [0.25, 0.3) is 10.9 Å². The van der Waals surface area contributed by atoms with Crippen LogP contribution in [0.15, 0.2) is 54.9 Å². The summed E-state index contributed by atoms with van der Waals surface area (Å²) in [7, 11) is 0. The summed E-state index contributed by atoms with van der Waals surface area (Å²) in [4.78, 5) is 4.08. The van der Waals surface area contributed by atoms with Gasteiger partial charge in [-0.1, -0.05) is 41.9 Å². The van der Waals surface area contributed by atoms with Crippen LogP contribution in [-0.2, 0) is 6.54 Å². The number of pyridine rings is 1. The normalized spacial score (nSPS) is 10.9. The second-order valence-electron chi connectivity index (χ2n) is 4.00. The third-order valence-electron chi connectivity index (χ3n) is 2.82. The summed E-state index contributed by atoms with van der Waals surface area (Å²) >= 11 is 5.93. The Morgan fingerprint density at radius 2 is 1.94 bits per heavy atom. The number of rotatable bonds is 2. The van der Waals surface area contributed by atoms with Gasteiger partial charge >= 0.3 is 0 Å². The second-order valence-corrected chi connectivity index (χ2v) is 4.38. The Morgan fingerprint density at radius 1 is 1.12 bits per heavy atom. The van der Waals surface area contributed by atoms with Crippen LogP contribution in [-0.4, -0.2) is 9.55 Å². The van der Waals surface area contributed by atoms with Gasteiger partial charge in [0.15, 0.2) is 0 Å². The molecule has 0 atom stereocenters. The molecule has 3 aromatic rings. The van der Waals surface area contributed by atoms with Gasteiger partial charge in [-0.25, -0.2) is 4.98 Å². The van der Waals surface area contributed by atoms with Gasteiger partial charge in [0.05, 0.1) is 5.52 Å². The first-order valence-corrected chi connectivity index (χ1v) is 5.85. The van der Waals surface area contributed by atoms with E-state index in [0.717, 1.165) is 17.4 Å². The van der Waals surface area contributed by atoms with Crippen LogP contribution in [0.3, 0.4) is 0 Å². The minimum atomic E-state index is 0.533. The quantitative estimate of drug-likeness (QED) is 0.626. The third kappa shape index (κ3) is 2.04. The molecule has 0 saturated heterocycles. The lowest BCUT2D eigenvalue weighted by molar-refractivity contribution is 0.836. The van der Waals surface area contributed by atoms with Gasteiger partial charge in [-0.3, -0.25) is 0 Å². The van der Waals surface area contributed by atoms with E-state index in [1.165, 1.54) is 5.56 Å². The molecule has 84 valence electrons. The average molecular weight is 243 g/mol. The lowest BCUT2D eigenvalue weighted by atomic mass is 10.2. The average Bonchev–Trinajstić information content (AvgIpc) is 2.73. The molecule has 0 radical (unpaired) electrons. The maximum atomic E-state index is 5.93. The molecule has 2 nitrogen and oxygen atoms in total. The molecule has 0 aliphatic carbocycles.